The second-order valence-corrected chi connectivity index (χ2v) is 5.45. The first-order valence-electron chi connectivity index (χ1n) is 6.33. The van der Waals surface area contributed by atoms with Gasteiger partial charge in [-0.3, -0.25) is 4.79 Å². The lowest BCUT2D eigenvalue weighted by atomic mass is 10.1. The number of carbonyl (C=O) groups excluding carboxylic acids is 1. The molecule has 2 atom stereocenters. The van der Waals surface area contributed by atoms with Crippen LogP contribution < -0.4 is 5.32 Å². The van der Waals surface area contributed by atoms with E-state index in [0.29, 0.717) is 17.5 Å². The van der Waals surface area contributed by atoms with Crippen molar-refractivity contribution in [1.82, 2.24) is 10.2 Å². The molecule has 1 aromatic rings. The van der Waals surface area contributed by atoms with Gasteiger partial charge in [-0.25, -0.2) is 0 Å². The summed E-state index contributed by atoms with van der Waals surface area (Å²) in [5.74, 6) is 0.179. The summed E-state index contributed by atoms with van der Waals surface area (Å²) >= 11 is 5.93. The normalized spacial score (nSPS) is 24.1. The van der Waals surface area contributed by atoms with E-state index in [-0.39, 0.29) is 11.9 Å². The maximum absolute atomic E-state index is 12.3. The lowest BCUT2D eigenvalue weighted by Gasteiger charge is -2.37. The van der Waals surface area contributed by atoms with Crippen LogP contribution in [0.4, 0.5) is 0 Å². The topological polar surface area (TPSA) is 32.3 Å². The van der Waals surface area contributed by atoms with Crippen LogP contribution in [0.2, 0.25) is 5.02 Å². The van der Waals surface area contributed by atoms with Gasteiger partial charge in [0.2, 0.25) is 5.91 Å². The molecular weight excluding hydrogens is 248 g/mol. The zero-order chi connectivity index (χ0) is 13.1. The average Bonchev–Trinajstić information content (AvgIpc) is 2.32. The van der Waals surface area contributed by atoms with Crippen LogP contribution in [0, 0.1) is 0 Å². The Kier molecular flexibility index (Phi) is 4.25. The molecule has 1 saturated heterocycles. The molecule has 2 unspecified atom stereocenters. The van der Waals surface area contributed by atoms with Crippen LogP contribution in [0.15, 0.2) is 24.3 Å². The number of hydrogen-bond donors (Lipinski definition) is 1. The summed E-state index contributed by atoms with van der Waals surface area (Å²) in [5.41, 5.74) is 0.978. The highest BCUT2D eigenvalue weighted by Crippen LogP contribution is 2.14. The molecule has 1 aliphatic heterocycles. The Morgan fingerprint density at radius 3 is 3.00 bits per heavy atom. The second-order valence-electron chi connectivity index (χ2n) is 5.01. The molecular formula is C14H19ClN2O. The van der Waals surface area contributed by atoms with Crippen LogP contribution in [-0.4, -0.2) is 36.0 Å². The predicted molar refractivity (Wildman–Crippen MR) is 73.8 cm³/mol. The molecule has 4 heteroatoms. The van der Waals surface area contributed by atoms with Gasteiger partial charge in [0.15, 0.2) is 0 Å². The Balaban J connectivity index is 2.02. The Bertz CT molecular complexity index is 436. The van der Waals surface area contributed by atoms with E-state index in [1.54, 1.807) is 0 Å². The number of halogens is 1. The lowest BCUT2D eigenvalue weighted by molar-refractivity contribution is -0.133. The average molecular weight is 267 g/mol. The van der Waals surface area contributed by atoms with Gasteiger partial charge in [0.05, 0.1) is 6.42 Å². The van der Waals surface area contributed by atoms with E-state index in [2.05, 4.69) is 19.2 Å². The molecule has 0 saturated carbocycles. The van der Waals surface area contributed by atoms with Crippen molar-refractivity contribution >= 4 is 17.5 Å². The molecule has 0 bridgehead atoms. The minimum Gasteiger partial charge on any atom is -0.337 e. The smallest absolute Gasteiger partial charge is 0.227 e. The third-order valence-corrected chi connectivity index (χ3v) is 3.56. The highest BCUT2D eigenvalue weighted by molar-refractivity contribution is 6.30. The van der Waals surface area contributed by atoms with Crippen molar-refractivity contribution < 1.29 is 4.79 Å². The van der Waals surface area contributed by atoms with E-state index in [1.807, 2.05) is 29.2 Å². The molecule has 0 aromatic heterocycles. The molecule has 1 N–H and O–H groups in total. The molecule has 98 valence electrons. The molecule has 18 heavy (non-hydrogen) atoms. The van der Waals surface area contributed by atoms with E-state index in [9.17, 15) is 4.79 Å². The first-order valence-corrected chi connectivity index (χ1v) is 6.71. The maximum atomic E-state index is 12.3. The number of benzene rings is 1. The number of rotatable bonds is 2. The standard InChI is InChI=1S/C14H19ClN2O/c1-10-9-17(11(2)8-16-10)14(18)7-12-4-3-5-13(15)6-12/h3-6,10-11,16H,7-9H2,1-2H3. The van der Waals surface area contributed by atoms with Crippen LogP contribution in [0.25, 0.3) is 0 Å². The van der Waals surface area contributed by atoms with Crippen molar-refractivity contribution in [2.45, 2.75) is 32.4 Å². The van der Waals surface area contributed by atoms with Gasteiger partial charge in [-0.1, -0.05) is 23.7 Å². The maximum Gasteiger partial charge on any atom is 0.227 e. The van der Waals surface area contributed by atoms with Crippen LogP contribution in [0.5, 0.6) is 0 Å². The zero-order valence-electron chi connectivity index (χ0n) is 10.8. The Hall–Kier alpha value is -1.06. The van der Waals surface area contributed by atoms with E-state index in [0.717, 1.165) is 18.7 Å². The third-order valence-electron chi connectivity index (χ3n) is 3.33. The highest BCUT2D eigenvalue weighted by Gasteiger charge is 2.26. The first-order chi connectivity index (χ1) is 8.56. The summed E-state index contributed by atoms with van der Waals surface area (Å²) in [7, 11) is 0. The number of hydrogen-bond acceptors (Lipinski definition) is 2. The highest BCUT2D eigenvalue weighted by atomic mass is 35.5. The lowest BCUT2D eigenvalue weighted by Crippen LogP contribution is -2.56. The SMILES string of the molecule is CC1CN(C(=O)Cc2cccc(Cl)c2)C(C)CN1. The van der Waals surface area contributed by atoms with Crippen LogP contribution in [-0.2, 0) is 11.2 Å². The molecule has 0 aliphatic carbocycles. The summed E-state index contributed by atoms with van der Waals surface area (Å²) < 4.78 is 0. The predicted octanol–water partition coefficient (Wildman–Crippen LogP) is 2.09. The number of amides is 1. The molecule has 1 heterocycles. The summed E-state index contributed by atoms with van der Waals surface area (Å²) in [6.45, 7) is 5.82. The number of piperazine rings is 1. The van der Waals surface area contributed by atoms with Gasteiger partial charge in [0.1, 0.15) is 0 Å². The monoisotopic (exact) mass is 266 g/mol. The van der Waals surface area contributed by atoms with Crippen LogP contribution >= 0.6 is 11.6 Å². The van der Waals surface area contributed by atoms with Crippen molar-refractivity contribution in [3.8, 4) is 0 Å². The van der Waals surface area contributed by atoms with Gasteiger partial charge in [0, 0.05) is 30.2 Å². The van der Waals surface area contributed by atoms with Crippen LogP contribution in [0.1, 0.15) is 19.4 Å². The fourth-order valence-electron chi connectivity index (χ4n) is 2.29. The fraction of sp³-hybridized carbons (Fsp3) is 0.500. The molecule has 1 aromatic carbocycles. The summed E-state index contributed by atoms with van der Waals surface area (Å²) in [6.07, 6.45) is 0.428. The molecule has 0 radical (unpaired) electrons. The molecule has 1 amide bonds. The quantitative estimate of drug-likeness (QED) is 0.889. The third kappa shape index (κ3) is 3.24. The van der Waals surface area contributed by atoms with Gasteiger partial charge in [-0.2, -0.15) is 0 Å². The van der Waals surface area contributed by atoms with Gasteiger partial charge in [-0.05, 0) is 31.5 Å². The Morgan fingerprint density at radius 1 is 1.50 bits per heavy atom. The van der Waals surface area contributed by atoms with E-state index < -0.39 is 0 Å². The minimum absolute atomic E-state index is 0.179. The van der Waals surface area contributed by atoms with Gasteiger partial charge in [0.25, 0.3) is 0 Å². The number of nitrogens with one attached hydrogen (secondary N) is 1. The molecule has 1 fully saturated rings. The largest absolute Gasteiger partial charge is 0.337 e. The molecule has 1 aliphatic rings. The molecule has 3 nitrogen and oxygen atoms in total. The van der Waals surface area contributed by atoms with E-state index in [1.165, 1.54) is 0 Å². The van der Waals surface area contributed by atoms with E-state index in [4.69, 9.17) is 11.6 Å². The van der Waals surface area contributed by atoms with Gasteiger partial charge >= 0.3 is 0 Å². The zero-order valence-corrected chi connectivity index (χ0v) is 11.6. The summed E-state index contributed by atoms with van der Waals surface area (Å²) in [5, 5.41) is 4.06. The Labute approximate surface area is 113 Å². The van der Waals surface area contributed by atoms with Crippen molar-refractivity contribution in [3.63, 3.8) is 0 Å². The fourth-order valence-corrected chi connectivity index (χ4v) is 2.51. The summed E-state index contributed by atoms with van der Waals surface area (Å²) in [4.78, 5) is 14.3. The molecule has 2 rings (SSSR count). The van der Waals surface area contributed by atoms with Gasteiger partial charge in [-0.15, -0.1) is 0 Å². The van der Waals surface area contributed by atoms with E-state index >= 15 is 0 Å². The summed E-state index contributed by atoms with van der Waals surface area (Å²) in [6, 6.07) is 8.13. The van der Waals surface area contributed by atoms with Crippen molar-refractivity contribution in [2.75, 3.05) is 13.1 Å². The van der Waals surface area contributed by atoms with Crippen LogP contribution in [0.3, 0.4) is 0 Å². The number of carbonyl (C=O) groups is 1. The number of nitrogens with zero attached hydrogens (tertiary/aromatic N) is 1. The van der Waals surface area contributed by atoms with Crippen molar-refractivity contribution in [2.24, 2.45) is 0 Å². The molecule has 0 spiro atoms. The minimum atomic E-state index is 0.179. The second kappa shape index (κ2) is 5.72. The van der Waals surface area contributed by atoms with Crippen molar-refractivity contribution in [1.29, 1.82) is 0 Å². The Morgan fingerprint density at radius 2 is 2.28 bits per heavy atom. The van der Waals surface area contributed by atoms with Crippen molar-refractivity contribution in [3.05, 3.63) is 34.9 Å². The first kappa shape index (κ1) is 13.4. The van der Waals surface area contributed by atoms with Gasteiger partial charge < -0.3 is 10.2 Å².